The molecule has 1 amide bonds. The van der Waals surface area contributed by atoms with E-state index in [1.54, 1.807) is 18.2 Å². The summed E-state index contributed by atoms with van der Waals surface area (Å²) in [4.78, 5) is 10.1. The van der Waals surface area contributed by atoms with Crippen LogP contribution in [0.2, 0.25) is 5.02 Å². The Bertz CT molecular complexity index is 422. The minimum absolute atomic E-state index is 0.358. The molecule has 1 aliphatic heterocycles. The topological polar surface area (TPSA) is 52.3 Å². The summed E-state index contributed by atoms with van der Waals surface area (Å²) < 4.78 is 5.37. The average Bonchev–Trinajstić information content (AvgIpc) is 2.19. The third kappa shape index (κ3) is 1.66. The summed E-state index contributed by atoms with van der Waals surface area (Å²) in [5.74, 6) is -0.00423. The molecule has 0 radical (unpaired) electrons. The van der Waals surface area contributed by atoms with Gasteiger partial charge in [-0.05, 0) is 18.2 Å². The number of hydrogen-bond donors (Lipinski definition) is 1. The van der Waals surface area contributed by atoms with Gasteiger partial charge >= 0.3 is 0 Å². The minimum Gasteiger partial charge on any atom is -0.493 e. The van der Waals surface area contributed by atoms with Crippen LogP contribution in [0.15, 0.2) is 18.2 Å². The van der Waals surface area contributed by atoms with Gasteiger partial charge in [0, 0.05) is 17.0 Å². The first kappa shape index (κ1) is 10.6. The highest BCUT2D eigenvalue weighted by molar-refractivity contribution is 6.35. The van der Waals surface area contributed by atoms with Crippen molar-refractivity contribution in [2.45, 2.75) is 11.3 Å². The number of amides is 1. The molecule has 1 aliphatic rings. The summed E-state index contributed by atoms with van der Waals surface area (Å²) in [5, 5.41) is 0.505. The molecule has 0 saturated carbocycles. The quantitative estimate of drug-likeness (QED) is 0.771. The molecule has 0 fully saturated rings. The number of primary amides is 1. The zero-order chi connectivity index (χ0) is 11.1. The largest absolute Gasteiger partial charge is 0.493 e. The first-order valence-corrected chi connectivity index (χ1v) is 5.21. The molecule has 0 aliphatic carbocycles. The minimum atomic E-state index is -1.20. The van der Waals surface area contributed by atoms with Crippen LogP contribution in [-0.4, -0.2) is 12.5 Å². The average molecular weight is 246 g/mol. The fourth-order valence-electron chi connectivity index (χ4n) is 1.63. The fraction of sp³-hybridized carbons (Fsp3) is 0.300. The summed E-state index contributed by atoms with van der Waals surface area (Å²) in [6, 6.07) is 4.99. The highest BCUT2D eigenvalue weighted by Crippen LogP contribution is 2.42. The van der Waals surface area contributed by atoms with Gasteiger partial charge in [0.1, 0.15) is 5.75 Å². The Hall–Kier alpha value is -0.930. The van der Waals surface area contributed by atoms with Crippen LogP contribution >= 0.6 is 23.2 Å². The van der Waals surface area contributed by atoms with E-state index in [1.165, 1.54) is 0 Å². The van der Waals surface area contributed by atoms with Crippen LogP contribution in [-0.2, 0) is 9.67 Å². The summed E-state index contributed by atoms with van der Waals surface area (Å²) in [6.07, 6.45) is 0.358. The Balaban J connectivity index is 2.59. The van der Waals surface area contributed by atoms with Crippen LogP contribution in [0, 0.1) is 0 Å². The molecule has 1 heterocycles. The lowest BCUT2D eigenvalue weighted by Crippen LogP contribution is -2.40. The van der Waals surface area contributed by atoms with E-state index in [1.807, 2.05) is 0 Å². The van der Waals surface area contributed by atoms with Gasteiger partial charge in [-0.25, -0.2) is 0 Å². The maximum atomic E-state index is 11.3. The van der Waals surface area contributed by atoms with Gasteiger partial charge < -0.3 is 10.5 Å². The van der Waals surface area contributed by atoms with Gasteiger partial charge in [-0.15, -0.1) is 11.6 Å². The second-order valence-electron chi connectivity index (χ2n) is 3.40. The van der Waals surface area contributed by atoms with Crippen molar-refractivity contribution >= 4 is 29.1 Å². The smallest absolute Gasteiger partial charge is 0.243 e. The molecular weight excluding hydrogens is 237 g/mol. The monoisotopic (exact) mass is 245 g/mol. The molecule has 1 atom stereocenters. The summed E-state index contributed by atoms with van der Waals surface area (Å²) >= 11 is 12.0. The third-order valence-electron chi connectivity index (χ3n) is 2.46. The molecule has 5 heteroatoms. The summed E-state index contributed by atoms with van der Waals surface area (Å²) in [7, 11) is 0. The zero-order valence-corrected chi connectivity index (χ0v) is 9.31. The Morgan fingerprint density at radius 2 is 2.27 bits per heavy atom. The third-order valence-corrected chi connectivity index (χ3v) is 3.28. The van der Waals surface area contributed by atoms with Gasteiger partial charge in [-0.2, -0.15) is 0 Å². The van der Waals surface area contributed by atoms with Gasteiger partial charge in [0.05, 0.1) is 6.61 Å². The molecule has 0 aromatic heterocycles. The number of fused-ring (bicyclic) bond motifs is 1. The first-order chi connectivity index (χ1) is 7.04. The Morgan fingerprint density at radius 1 is 1.53 bits per heavy atom. The molecule has 1 aromatic carbocycles. The highest BCUT2D eigenvalue weighted by atomic mass is 35.5. The highest BCUT2D eigenvalue weighted by Gasteiger charge is 2.41. The number of hydrogen-bond acceptors (Lipinski definition) is 2. The van der Waals surface area contributed by atoms with Gasteiger partial charge in [0.25, 0.3) is 0 Å². The van der Waals surface area contributed by atoms with Crippen molar-refractivity contribution in [3.8, 4) is 5.75 Å². The number of ether oxygens (including phenoxy) is 1. The van der Waals surface area contributed by atoms with Crippen LogP contribution in [0.4, 0.5) is 0 Å². The SMILES string of the molecule is NC(=O)C1(Cl)CCOc2ccc(Cl)cc21. The number of carbonyl (C=O) groups excluding carboxylic acids is 1. The second-order valence-corrected chi connectivity index (χ2v) is 4.49. The molecule has 1 aromatic rings. The Morgan fingerprint density at radius 3 is 2.93 bits per heavy atom. The number of carbonyl (C=O) groups is 1. The summed E-state index contributed by atoms with van der Waals surface area (Å²) in [5.41, 5.74) is 5.85. The van der Waals surface area contributed by atoms with Crippen molar-refractivity contribution < 1.29 is 9.53 Å². The van der Waals surface area contributed by atoms with Crippen molar-refractivity contribution in [2.24, 2.45) is 5.73 Å². The van der Waals surface area contributed by atoms with Gasteiger partial charge in [0.2, 0.25) is 5.91 Å². The molecule has 2 N–H and O–H groups in total. The fourth-order valence-corrected chi connectivity index (χ4v) is 2.03. The van der Waals surface area contributed by atoms with E-state index in [0.29, 0.717) is 29.4 Å². The number of nitrogens with two attached hydrogens (primary N) is 1. The lowest BCUT2D eigenvalue weighted by molar-refractivity contribution is -0.121. The summed E-state index contributed by atoms with van der Waals surface area (Å²) in [6.45, 7) is 0.376. The van der Waals surface area contributed by atoms with E-state index >= 15 is 0 Å². The lowest BCUT2D eigenvalue weighted by Gasteiger charge is -2.30. The van der Waals surface area contributed by atoms with Crippen molar-refractivity contribution in [2.75, 3.05) is 6.61 Å². The van der Waals surface area contributed by atoms with Crippen LogP contribution in [0.5, 0.6) is 5.75 Å². The van der Waals surface area contributed by atoms with Crippen LogP contribution < -0.4 is 10.5 Å². The molecule has 80 valence electrons. The van der Waals surface area contributed by atoms with Gasteiger partial charge in [-0.3, -0.25) is 4.79 Å². The number of rotatable bonds is 1. The van der Waals surface area contributed by atoms with Crippen molar-refractivity contribution in [3.63, 3.8) is 0 Å². The predicted octanol–water partition coefficient (Wildman–Crippen LogP) is 2.04. The number of benzene rings is 1. The molecule has 0 spiro atoms. The van der Waals surface area contributed by atoms with E-state index < -0.39 is 10.8 Å². The first-order valence-electron chi connectivity index (χ1n) is 4.46. The Labute approximate surface area is 97.1 Å². The molecule has 2 rings (SSSR count). The number of halogens is 2. The molecule has 1 unspecified atom stereocenters. The van der Waals surface area contributed by atoms with E-state index in [9.17, 15) is 4.79 Å². The molecule has 15 heavy (non-hydrogen) atoms. The van der Waals surface area contributed by atoms with Gasteiger partial charge in [-0.1, -0.05) is 11.6 Å². The van der Waals surface area contributed by atoms with E-state index in [-0.39, 0.29) is 0 Å². The second kappa shape index (κ2) is 3.58. The van der Waals surface area contributed by atoms with Crippen LogP contribution in [0.1, 0.15) is 12.0 Å². The van der Waals surface area contributed by atoms with Gasteiger partial charge in [0.15, 0.2) is 4.87 Å². The van der Waals surface area contributed by atoms with Crippen LogP contribution in [0.25, 0.3) is 0 Å². The number of alkyl halides is 1. The maximum absolute atomic E-state index is 11.3. The van der Waals surface area contributed by atoms with E-state index in [2.05, 4.69) is 0 Å². The normalized spacial score (nSPS) is 24.1. The zero-order valence-electron chi connectivity index (χ0n) is 7.80. The molecule has 0 bridgehead atoms. The van der Waals surface area contributed by atoms with Crippen molar-refractivity contribution in [3.05, 3.63) is 28.8 Å². The predicted molar refractivity (Wildman–Crippen MR) is 58.3 cm³/mol. The molecular formula is C10H9Cl2NO2. The maximum Gasteiger partial charge on any atom is 0.243 e. The molecule has 0 saturated heterocycles. The Kier molecular flexibility index (Phi) is 2.52. The van der Waals surface area contributed by atoms with E-state index in [4.69, 9.17) is 33.7 Å². The van der Waals surface area contributed by atoms with Crippen LogP contribution in [0.3, 0.4) is 0 Å². The molecule has 3 nitrogen and oxygen atoms in total. The van der Waals surface area contributed by atoms with E-state index in [0.717, 1.165) is 0 Å². The van der Waals surface area contributed by atoms with Crippen molar-refractivity contribution in [1.29, 1.82) is 0 Å². The standard InChI is InChI=1S/C10H9Cl2NO2/c11-6-1-2-8-7(5-6)10(12,9(13)14)3-4-15-8/h1-2,5H,3-4H2,(H2,13,14). The van der Waals surface area contributed by atoms with Crippen molar-refractivity contribution in [1.82, 2.24) is 0 Å². The lowest BCUT2D eigenvalue weighted by atomic mass is 9.91.